The summed E-state index contributed by atoms with van der Waals surface area (Å²) in [6.45, 7) is 0.396. The highest BCUT2D eigenvalue weighted by Gasteiger charge is 2.26. The molecule has 0 heterocycles. The molecule has 18 heavy (non-hydrogen) atoms. The van der Waals surface area contributed by atoms with Crippen LogP contribution in [0, 0.1) is 5.92 Å². The number of anilines is 1. The van der Waals surface area contributed by atoms with E-state index in [2.05, 4.69) is 0 Å². The smallest absolute Gasteiger partial charge is 0.230 e. The molecule has 1 aliphatic carbocycles. The Morgan fingerprint density at radius 1 is 1.17 bits per heavy atom. The molecule has 0 aliphatic heterocycles. The summed E-state index contributed by atoms with van der Waals surface area (Å²) in [7, 11) is 0. The molecule has 1 amide bonds. The number of benzene rings is 1. The van der Waals surface area contributed by atoms with Gasteiger partial charge in [0.1, 0.15) is 0 Å². The van der Waals surface area contributed by atoms with Gasteiger partial charge in [0.25, 0.3) is 0 Å². The Kier molecular flexibility index (Phi) is 4.76. The van der Waals surface area contributed by atoms with Crippen molar-refractivity contribution in [2.45, 2.75) is 32.1 Å². The highest BCUT2D eigenvalue weighted by atomic mass is 16.3. The van der Waals surface area contributed by atoms with Gasteiger partial charge in [-0.3, -0.25) is 4.79 Å². The minimum Gasteiger partial charge on any atom is -0.395 e. The SMILES string of the molecule is O=C(C1CCCCC1)N(CCO)c1ccccc1. The van der Waals surface area contributed by atoms with Crippen LogP contribution in [0.2, 0.25) is 0 Å². The van der Waals surface area contributed by atoms with Crippen LogP contribution in [0.3, 0.4) is 0 Å². The van der Waals surface area contributed by atoms with Crippen molar-refractivity contribution in [2.24, 2.45) is 5.92 Å². The van der Waals surface area contributed by atoms with Crippen molar-refractivity contribution in [1.82, 2.24) is 0 Å². The Morgan fingerprint density at radius 3 is 2.44 bits per heavy atom. The van der Waals surface area contributed by atoms with Gasteiger partial charge < -0.3 is 10.0 Å². The van der Waals surface area contributed by atoms with Crippen LogP contribution in [0.5, 0.6) is 0 Å². The van der Waals surface area contributed by atoms with E-state index < -0.39 is 0 Å². The molecule has 0 spiro atoms. The second-order valence-electron chi connectivity index (χ2n) is 4.88. The van der Waals surface area contributed by atoms with Gasteiger partial charge in [0.05, 0.1) is 6.61 Å². The topological polar surface area (TPSA) is 40.5 Å². The highest BCUT2D eigenvalue weighted by Crippen LogP contribution is 2.27. The van der Waals surface area contributed by atoms with Crippen LogP contribution in [0.25, 0.3) is 0 Å². The van der Waals surface area contributed by atoms with Gasteiger partial charge in [0, 0.05) is 18.2 Å². The Balaban J connectivity index is 2.11. The number of amides is 1. The average molecular weight is 247 g/mol. The summed E-state index contributed by atoms with van der Waals surface area (Å²) in [5.41, 5.74) is 0.891. The highest BCUT2D eigenvalue weighted by molar-refractivity contribution is 5.95. The third kappa shape index (κ3) is 3.10. The van der Waals surface area contributed by atoms with E-state index in [9.17, 15) is 4.79 Å². The maximum absolute atomic E-state index is 12.5. The number of hydrogen-bond donors (Lipinski definition) is 1. The summed E-state index contributed by atoms with van der Waals surface area (Å²) in [5.74, 6) is 0.320. The Hall–Kier alpha value is -1.35. The van der Waals surface area contributed by atoms with E-state index in [-0.39, 0.29) is 18.4 Å². The van der Waals surface area contributed by atoms with Crippen molar-refractivity contribution in [1.29, 1.82) is 0 Å². The molecule has 0 atom stereocenters. The number of rotatable bonds is 4. The first-order chi connectivity index (χ1) is 8.83. The zero-order chi connectivity index (χ0) is 12.8. The minimum absolute atomic E-state index is 0.00730. The third-order valence-electron chi connectivity index (χ3n) is 3.61. The maximum Gasteiger partial charge on any atom is 0.230 e. The molecule has 1 fully saturated rings. The molecule has 0 aromatic heterocycles. The normalized spacial score (nSPS) is 16.5. The summed E-state index contributed by atoms with van der Waals surface area (Å²) in [5, 5.41) is 9.15. The molecule has 3 nitrogen and oxygen atoms in total. The molecule has 1 aromatic rings. The van der Waals surface area contributed by atoms with Crippen LogP contribution in [0.1, 0.15) is 32.1 Å². The molecule has 0 saturated heterocycles. The molecule has 0 unspecified atom stereocenters. The van der Waals surface area contributed by atoms with E-state index in [1.807, 2.05) is 30.3 Å². The summed E-state index contributed by atoms with van der Waals surface area (Å²) in [6.07, 6.45) is 5.53. The van der Waals surface area contributed by atoms with Gasteiger partial charge in [0.15, 0.2) is 0 Å². The molecule has 1 aliphatic rings. The standard InChI is InChI=1S/C15H21NO2/c17-12-11-16(14-9-5-2-6-10-14)15(18)13-7-3-1-4-8-13/h2,5-6,9-10,13,17H,1,3-4,7-8,11-12H2. The lowest BCUT2D eigenvalue weighted by molar-refractivity contribution is -0.123. The number of aliphatic hydroxyl groups excluding tert-OH is 1. The quantitative estimate of drug-likeness (QED) is 0.888. The lowest BCUT2D eigenvalue weighted by atomic mass is 9.88. The van der Waals surface area contributed by atoms with Crippen LogP contribution >= 0.6 is 0 Å². The molecule has 1 saturated carbocycles. The van der Waals surface area contributed by atoms with Crippen LogP contribution in [0.4, 0.5) is 5.69 Å². The first-order valence-electron chi connectivity index (χ1n) is 6.80. The van der Waals surface area contributed by atoms with Crippen molar-refractivity contribution in [2.75, 3.05) is 18.1 Å². The monoisotopic (exact) mass is 247 g/mol. The summed E-state index contributed by atoms with van der Waals surface area (Å²) >= 11 is 0. The lowest BCUT2D eigenvalue weighted by Gasteiger charge is -2.29. The molecule has 1 N–H and O–H groups in total. The molecule has 0 radical (unpaired) electrons. The van der Waals surface area contributed by atoms with Crippen molar-refractivity contribution < 1.29 is 9.90 Å². The van der Waals surface area contributed by atoms with Crippen molar-refractivity contribution in [3.63, 3.8) is 0 Å². The first-order valence-corrected chi connectivity index (χ1v) is 6.80. The second-order valence-corrected chi connectivity index (χ2v) is 4.88. The number of para-hydroxylation sites is 1. The molecule has 3 heteroatoms. The van der Waals surface area contributed by atoms with Gasteiger partial charge >= 0.3 is 0 Å². The van der Waals surface area contributed by atoms with Crippen LogP contribution < -0.4 is 4.90 Å². The largest absolute Gasteiger partial charge is 0.395 e. The molecule has 2 rings (SSSR count). The number of hydrogen-bond acceptors (Lipinski definition) is 2. The van der Waals surface area contributed by atoms with E-state index >= 15 is 0 Å². The molecule has 1 aromatic carbocycles. The van der Waals surface area contributed by atoms with E-state index in [1.165, 1.54) is 6.42 Å². The molecular formula is C15H21NO2. The number of nitrogens with zero attached hydrogens (tertiary/aromatic N) is 1. The van der Waals surface area contributed by atoms with E-state index in [1.54, 1.807) is 4.90 Å². The molecule has 0 bridgehead atoms. The number of carbonyl (C=O) groups excluding carboxylic acids is 1. The van der Waals surface area contributed by atoms with Crippen LogP contribution in [0.15, 0.2) is 30.3 Å². The van der Waals surface area contributed by atoms with Crippen LogP contribution in [-0.2, 0) is 4.79 Å². The lowest BCUT2D eigenvalue weighted by Crippen LogP contribution is -2.39. The second kappa shape index (κ2) is 6.55. The Bertz CT molecular complexity index is 371. The van der Waals surface area contributed by atoms with E-state index in [0.29, 0.717) is 6.54 Å². The van der Waals surface area contributed by atoms with E-state index in [4.69, 9.17) is 5.11 Å². The number of carbonyl (C=O) groups is 1. The van der Waals surface area contributed by atoms with Gasteiger partial charge in [-0.05, 0) is 25.0 Å². The van der Waals surface area contributed by atoms with Gasteiger partial charge in [-0.2, -0.15) is 0 Å². The third-order valence-corrected chi connectivity index (χ3v) is 3.61. The van der Waals surface area contributed by atoms with Gasteiger partial charge in [-0.25, -0.2) is 0 Å². The minimum atomic E-state index is 0.00730. The Labute approximate surface area is 108 Å². The van der Waals surface area contributed by atoms with Gasteiger partial charge in [-0.15, -0.1) is 0 Å². The summed E-state index contributed by atoms with van der Waals surface area (Å²) < 4.78 is 0. The van der Waals surface area contributed by atoms with Crippen molar-refractivity contribution in [3.05, 3.63) is 30.3 Å². The fourth-order valence-electron chi connectivity index (χ4n) is 2.64. The molecular weight excluding hydrogens is 226 g/mol. The maximum atomic E-state index is 12.5. The fraction of sp³-hybridized carbons (Fsp3) is 0.533. The number of aliphatic hydroxyl groups is 1. The van der Waals surface area contributed by atoms with Gasteiger partial charge in [0.2, 0.25) is 5.91 Å². The summed E-state index contributed by atoms with van der Waals surface area (Å²) in [4.78, 5) is 14.2. The first kappa shape index (κ1) is 13.1. The average Bonchev–Trinajstić information content (AvgIpc) is 2.46. The van der Waals surface area contributed by atoms with Crippen LogP contribution in [-0.4, -0.2) is 24.2 Å². The predicted molar refractivity (Wildman–Crippen MR) is 72.5 cm³/mol. The van der Waals surface area contributed by atoms with Crippen molar-refractivity contribution in [3.8, 4) is 0 Å². The van der Waals surface area contributed by atoms with E-state index in [0.717, 1.165) is 31.4 Å². The van der Waals surface area contributed by atoms with Gasteiger partial charge in [-0.1, -0.05) is 37.5 Å². The fourth-order valence-corrected chi connectivity index (χ4v) is 2.64. The zero-order valence-corrected chi connectivity index (χ0v) is 10.7. The predicted octanol–water partition coefficient (Wildman–Crippen LogP) is 2.59. The van der Waals surface area contributed by atoms with Crippen molar-refractivity contribution >= 4 is 11.6 Å². The summed E-state index contributed by atoms with van der Waals surface area (Å²) in [6, 6.07) is 9.64. The molecule has 98 valence electrons. The Morgan fingerprint density at radius 2 is 1.83 bits per heavy atom. The zero-order valence-electron chi connectivity index (χ0n) is 10.7.